The fourth-order valence-electron chi connectivity index (χ4n) is 6.74. The molecule has 4 heterocycles. The predicted molar refractivity (Wildman–Crippen MR) is 185 cm³/mol. The third kappa shape index (κ3) is 4.84. The van der Waals surface area contributed by atoms with Gasteiger partial charge in [-0.05, 0) is 75.5 Å². The van der Waals surface area contributed by atoms with Crippen molar-refractivity contribution in [3.63, 3.8) is 0 Å². The van der Waals surface area contributed by atoms with Crippen LogP contribution in [-0.2, 0) is 22.0 Å². The summed E-state index contributed by atoms with van der Waals surface area (Å²) in [6, 6.07) is 29.7. The van der Waals surface area contributed by atoms with E-state index in [1.54, 1.807) is 6.20 Å². The Bertz CT molecular complexity index is 2180. The van der Waals surface area contributed by atoms with Gasteiger partial charge in [0.25, 0.3) is 0 Å². The van der Waals surface area contributed by atoms with E-state index in [-0.39, 0.29) is 23.0 Å². The Morgan fingerprint density at radius 2 is 1.48 bits per heavy atom. The summed E-state index contributed by atoms with van der Waals surface area (Å²) in [5, 5.41) is 2.36. The monoisotopic (exact) mass is 606 g/mol. The van der Waals surface area contributed by atoms with Crippen molar-refractivity contribution >= 4 is 27.7 Å². The minimum absolute atomic E-state index is 0.00144. The number of ether oxygens (including phenoxy) is 2. The van der Waals surface area contributed by atoms with Crippen LogP contribution in [0.3, 0.4) is 0 Å². The van der Waals surface area contributed by atoms with Crippen LogP contribution in [0.2, 0.25) is 0 Å². The molecule has 6 nitrogen and oxygen atoms in total. The quantitative estimate of drug-likeness (QED) is 0.201. The molecule has 3 aromatic heterocycles. The lowest BCUT2D eigenvalue weighted by Crippen LogP contribution is -2.14. The fourth-order valence-corrected chi connectivity index (χ4v) is 6.74. The predicted octanol–water partition coefficient (Wildman–Crippen LogP) is 9.40. The van der Waals surface area contributed by atoms with Crippen LogP contribution in [0.5, 0.6) is 11.5 Å². The maximum Gasteiger partial charge on any atom is 0.236 e. The van der Waals surface area contributed by atoms with Gasteiger partial charge in [-0.3, -0.25) is 9.55 Å². The van der Waals surface area contributed by atoms with Crippen molar-refractivity contribution in [1.82, 2.24) is 14.5 Å². The maximum atomic E-state index is 6.50. The van der Waals surface area contributed by atoms with Gasteiger partial charge >= 0.3 is 0 Å². The number of aliphatic imine (C=N–C) groups is 1. The Morgan fingerprint density at radius 3 is 2.30 bits per heavy atom. The molecule has 0 spiro atoms. The van der Waals surface area contributed by atoms with Crippen molar-refractivity contribution in [2.24, 2.45) is 4.99 Å². The van der Waals surface area contributed by atoms with Gasteiger partial charge in [0.15, 0.2) is 0 Å². The SMILES string of the molecule is CC(C)(C)c1ccnc(-n2c3ccc(C(C)(C)C)cc3c3ccc(Oc4ccnc(C5=N[C@@H]6c7ccccc7C[C@@H]6O5)c4)cc32)c1. The lowest BCUT2D eigenvalue weighted by atomic mass is 9.86. The molecule has 8 rings (SSSR count). The van der Waals surface area contributed by atoms with Gasteiger partial charge < -0.3 is 9.47 Å². The number of hydrogen-bond donors (Lipinski definition) is 0. The average Bonchev–Trinajstić information content (AvgIpc) is 3.69. The Hall–Kier alpha value is -4.97. The Labute approximate surface area is 269 Å². The third-order valence-corrected chi connectivity index (χ3v) is 9.30. The molecule has 46 heavy (non-hydrogen) atoms. The van der Waals surface area contributed by atoms with Crippen molar-refractivity contribution in [2.75, 3.05) is 0 Å². The molecule has 1 aliphatic carbocycles. The Kier molecular flexibility index (Phi) is 6.37. The summed E-state index contributed by atoms with van der Waals surface area (Å²) in [7, 11) is 0. The Balaban J connectivity index is 1.19. The number of aromatic nitrogens is 3. The molecular weight excluding hydrogens is 568 g/mol. The molecule has 0 fully saturated rings. The van der Waals surface area contributed by atoms with E-state index in [1.165, 1.54) is 27.6 Å². The standard InChI is InChI=1S/C40H38N4O2/c1-39(2,3)25-11-14-33-31(20-25)30-13-12-27(23-34(30)44(33)36-21-26(15-17-42-36)40(4,5)6)45-28-16-18-41-32(22-28)38-43-37-29-10-8-7-9-24(29)19-35(37)46-38/h7-18,20-23,35,37H,19H2,1-6H3/t35-,37+/m0/s1. The van der Waals surface area contributed by atoms with Gasteiger partial charge in [-0.1, -0.05) is 71.9 Å². The lowest BCUT2D eigenvalue weighted by molar-refractivity contribution is 0.206. The van der Waals surface area contributed by atoms with Gasteiger partial charge in [0.1, 0.15) is 35.2 Å². The van der Waals surface area contributed by atoms with Crippen LogP contribution in [0.25, 0.3) is 27.6 Å². The second kappa shape index (κ2) is 10.3. The summed E-state index contributed by atoms with van der Waals surface area (Å²) < 4.78 is 15.1. The lowest BCUT2D eigenvalue weighted by Gasteiger charge is -2.20. The van der Waals surface area contributed by atoms with Crippen LogP contribution in [0.4, 0.5) is 0 Å². The molecule has 0 saturated heterocycles. The number of benzene rings is 3. The van der Waals surface area contributed by atoms with Crippen molar-refractivity contribution in [1.29, 1.82) is 0 Å². The molecule has 6 heteroatoms. The second-order valence-corrected chi connectivity index (χ2v) is 14.6. The number of rotatable bonds is 4. The van der Waals surface area contributed by atoms with E-state index >= 15 is 0 Å². The van der Waals surface area contributed by atoms with Crippen LogP contribution in [0.15, 0.2) is 102 Å². The van der Waals surface area contributed by atoms with E-state index in [4.69, 9.17) is 19.5 Å². The molecule has 0 amide bonds. The summed E-state index contributed by atoms with van der Waals surface area (Å²) in [5.41, 5.74) is 7.96. The number of nitrogens with zero attached hydrogens (tertiary/aromatic N) is 4. The largest absolute Gasteiger partial charge is 0.470 e. The molecule has 2 atom stereocenters. The molecule has 6 aromatic rings. The molecule has 0 unspecified atom stereocenters. The fraction of sp³-hybridized carbons (Fsp3) is 0.275. The zero-order valence-corrected chi connectivity index (χ0v) is 27.2. The highest BCUT2D eigenvalue weighted by Gasteiger charge is 2.39. The van der Waals surface area contributed by atoms with E-state index in [2.05, 4.69) is 118 Å². The smallest absolute Gasteiger partial charge is 0.236 e. The van der Waals surface area contributed by atoms with Crippen LogP contribution in [-0.4, -0.2) is 26.5 Å². The van der Waals surface area contributed by atoms with E-state index < -0.39 is 0 Å². The summed E-state index contributed by atoms with van der Waals surface area (Å²) in [5.74, 6) is 2.88. The molecule has 0 bridgehead atoms. The number of pyridine rings is 2. The molecule has 0 saturated carbocycles. The van der Waals surface area contributed by atoms with Gasteiger partial charge in [0, 0.05) is 41.7 Å². The summed E-state index contributed by atoms with van der Waals surface area (Å²) in [4.78, 5) is 14.4. The maximum absolute atomic E-state index is 6.50. The van der Waals surface area contributed by atoms with E-state index in [1.807, 2.05) is 24.4 Å². The first-order chi connectivity index (χ1) is 22.0. The van der Waals surface area contributed by atoms with Crippen molar-refractivity contribution in [2.45, 2.75) is 70.9 Å². The number of fused-ring (bicyclic) bond motifs is 6. The van der Waals surface area contributed by atoms with Crippen molar-refractivity contribution in [3.05, 3.63) is 125 Å². The summed E-state index contributed by atoms with van der Waals surface area (Å²) >= 11 is 0. The zero-order chi connectivity index (χ0) is 31.8. The van der Waals surface area contributed by atoms with Gasteiger partial charge in [0.2, 0.25) is 5.90 Å². The molecule has 1 aliphatic heterocycles. The summed E-state index contributed by atoms with van der Waals surface area (Å²) in [6.45, 7) is 13.5. The normalized spacial score (nSPS) is 17.6. The zero-order valence-electron chi connectivity index (χ0n) is 27.2. The van der Waals surface area contributed by atoms with Crippen LogP contribution < -0.4 is 4.74 Å². The first-order valence-electron chi connectivity index (χ1n) is 16.1. The van der Waals surface area contributed by atoms with Crippen molar-refractivity contribution < 1.29 is 9.47 Å². The first-order valence-corrected chi connectivity index (χ1v) is 16.1. The molecule has 2 aliphatic rings. The highest BCUT2D eigenvalue weighted by atomic mass is 16.5. The van der Waals surface area contributed by atoms with E-state index in [9.17, 15) is 0 Å². The van der Waals surface area contributed by atoms with Crippen LogP contribution in [0.1, 0.15) is 75.5 Å². The third-order valence-electron chi connectivity index (χ3n) is 9.30. The van der Waals surface area contributed by atoms with Gasteiger partial charge in [-0.2, -0.15) is 0 Å². The summed E-state index contributed by atoms with van der Waals surface area (Å²) in [6.07, 6.45) is 4.55. The molecular formula is C40H38N4O2. The molecule has 230 valence electrons. The minimum Gasteiger partial charge on any atom is -0.470 e. The van der Waals surface area contributed by atoms with Gasteiger partial charge in [0.05, 0.1) is 11.0 Å². The van der Waals surface area contributed by atoms with E-state index in [0.717, 1.165) is 34.4 Å². The Morgan fingerprint density at radius 1 is 0.717 bits per heavy atom. The first kappa shape index (κ1) is 28.5. The number of hydrogen-bond acceptors (Lipinski definition) is 5. The molecule has 3 aromatic carbocycles. The molecule has 0 radical (unpaired) electrons. The average molecular weight is 607 g/mol. The van der Waals surface area contributed by atoms with Crippen molar-refractivity contribution in [3.8, 4) is 17.3 Å². The van der Waals surface area contributed by atoms with Crippen LogP contribution in [0, 0.1) is 0 Å². The van der Waals surface area contributed by atoms with Gasteiger partial charge in [-0.25, -0.2) is 9.98 Å². The van der Waals surface area contributed by atoms with Crippen LogP contribution >= 0.6 is 0 Å². The second-order valence-electron chi connectivity index (χ2n) is 14.6. The highest BCUT2D eigenvalue weighted by molar-refractivity contribution is 6.09. The highest BCUT2D eigenvalue weighted by Crippen LogP contribution is 2.41. The topological polar surface area (TPSA) is 61.5 Å². The molecule has 0 N–H and O–H groups in total. The minimum atomic E-state index is -0.00144. The van der Waals surface area contributed by atoms with Gasteiger partial charge in [-0.15, -0.1) is 0 Å². The van der Waals surface area contributed by atoms with E-state index in [0.29, 0.717) is 17.3 Å².